The molecule has 3 heterocycles. The average Bonchev–Trinajstić information content (AvgIpc) is 3.04. The van der Waals surface area contributed by atoms with Crippen LogP contribution in [0.3, 0.4) is 0 Å². The zero-order valence-corrected chi connectivity index (χ0v) is 15.3. The summed E-state index contributed by atoms with van der Waals surface area (Å²) in [5.74, 6) is 0.475. The van der Waals surface area contributed by atoms with Crippen LogP contribution < -0.4 is 4.90 Å². The van der Waals surface area contributed by atoms with Crippen LogP contribution in [0, 0.1) is 0 Å². The van der Waals surface area contributed by atoms with Gasteiger partial charge in [0.05, 0.1) is 29.9 Å². The number of nitrogens with zero attached hydrogens (tertiary/aromatic N) is 5. The van der Waals surface area contributed by atoms with Crippen LogP contribution in [-0.2, 0) is 18.2 Å². The lowest BCUT2D eigenvalue weighted by Gasteiger charge is -2.28. The van der Waals surface area contributed by atoms with Crippen molar-refractivity contribution in [2.24, 2.45) is 7.05 Å². The van der Waals surface area contributed by atoms with Crippen LogP contribution in [0.5, 0.6) is 0 Å². The summed E-state index contributed by atoms with van der Waals surface area (Å²) in [6, 6.07) is 6.62. The first-order chi connectivity index (χ1) is 13.1. The van der Waals surface area contributed by atoms with Crippen molar-refractivity contribution >= 4 is 22.8 Å². The largest absolute Gasteiger partial charge is 0.478 e. The first-order valence-corrected chi connectivity index (χ1v) is 8.98. The van der Waals surface area contributed by atoms with Gasteiger partial charge in [-0.15, -0.1) is 0 Å². The predicted molar refractivity (Wildman–Crippen MR) is 101 cm³/mol. The van der Waals surface area contributed by atoms with Crippen LogP contribution >= 0.6 is 0 Å². The van der Waals surface area contributed by atoms with E-state index in [1.807, 2.05) is 7.05 Å². The molecule has 4 rings (SSSR count). The van der Waals surface area contributed by atoms with Crippen molar-refractivity contribution in [1.29, 1.82) is 0 Å². The van der Waals surface area contributed by atoms with Crippen LogP contribution in [0.1, 0.15) is 23.0 Å². The maximum atomic E-state index is 11.1. The number of hydrogen-bond donors (Lipinski definition) is 1. The highest BCUT2D eigenvalue weighted by atomic mass is 16.5. The predicted octanol–water partition coefficient (Wildman–Crippen LogP) is 2.13. The van der Waals surface area contributed by atoms with Crippen molar-refractivity contribution in [2.45, 2.75) is 13.3 Å². The molecule has 3 aromatic rings. The number of aromatic nitrogens is 4. The number of rotatable bonds is 4. The van der Waals surface area contributed by atoms with Crippen LogP contribution in [-0.4, -0.2) is 57.1 Å². The Labute approximate surface area is 156 Å². The van der Waals surface area contributed by atoms with E-state index in [1.54, 1.807) is 28.9 Å². The van der Waals surface area contributed by atoms with Gasteiger partial charge in [0.25, 0.3) is 0 Å². The standard InChI is InChI=1S/C19H21N5O3/c1-3-14-15-17(23(2)22-14)20-16(12-4-6-13(7-5-12)19(25)26)21-18(15)24-8-10-27-11-9-24/h4-7H,3,8-11H2,1-2H3,(H,25,26). The number of hydrogen-bond acceptors (Lipinski definition) is 6. The Morgan fingerprint density at radius 3 is 2.52 bits per heavy atom. The van der Waals surface area contributed by atoms with E-state index in [0.717, 1.165) is 47.6 Å². The molecule has 1 aliphatic heterocycles. The van der Waals surface area contributed by atoms with Gasteiger partial charge in [-0.1, -0.05) is 19.1 Å². The Kier molecular flexibility index (Phi) is 4.49. The van der Waals surface area contributed by atoms with Crippen molar-refractivity contribution in [3.05, 3.63) is 35.5 Å². The summed E-state index contributed by atoms with van der Waals surface area (Å²) in [6.07, 6.45) is 0.796. The fourth-order valence-electron chi connectivity index (χ4n) is 3.35. The monoisotopic (exact) mass is 367 g/mol. The molecular formula is C19H21N5O3. The van der Waals surface area contributed by atoms with Crippen molar-refractivity contribution in [2.75, 3.05) is 31.2 Å². The Balaban J connectivity index is 1.89. The zero-order chi connectivity index (χ0) is 19.0. The van der Waals surface area contributed by atoms with Crippen molar-refractivity contribution in [1.82, 2.24) is 19.7 Å². The maximum absolute atomic E-state index is 11.1. The number of morpholine rings is 1. The Morgan fingerprint density at radius 1 is 1.19 bits per heavy atom. The number of fused-ring (bicyclic) bond motifs is 1. The second-order valence-electron chi connectivity index (χ2n) is 6.48. The summed E-state index contributed by atoms with van der Waals surface area (Å²) in [5.41, 5.74) is 2.76. The number of ether oxygens (including phenoxy) is 1. The molecule has 0 radical (unpaired) electrons. The Morgan fingerprint density at radius 2 is 1.89 bits per heavy atom. The zero-order valence-electron chi connectivity index (χ0n) is 15.3. The van der Waals surface area contributed by atoms with E-state index < -0.39 is 5.97 Å². The van der Waals surface area contributed by atoms with Gasteiger partial charge in [0.1, 0.15) is 5.82 Å². The van der Waals surface area contributed by atoms with Crippen molar-refractivity contribution in [3.8, 4) is 11.4 Å². The molecule has 8 nitrogen and oxygen atoms in total. The molecule has 0 atom stereocenters. The second kappa shape index (κ2) is 6.96. The van der Waals surface area contributed by atoms with E-state index >= 15 is 0 Å². The van der Waals surface area contributed by atoms with Gasteiger partial charge >= 0.3 is 5.97 Å². The number of aromatic carboxylic acids is 1. The SMILES string of the molecule is CCc1nn(C)c2nc(-c3ccc(C(=O)O)cc3)nc(N3CCOCC3)c12. The molecule has 1 N–H and O–H groups in total. The van der Waals surface area contributed by atoms with Gasteiger partial charge in [0.2, 0.25) is 0 Å². The van der Waals surface area contributed by atoms with Crippen molar-refractivity contribution < 1.29 is 14.6 Å². The number of aryl methyl sites for hydroxylation is 2. The first kappa shape index (κ1) is 17.4. The molecule has 0 aliphatic carbocycles. The highest BCUT2D eigenvalue weighted by Gasteiger charge is 2.22. The first-order valence-electron chi connectivity index (χ1n) is 8.98. The Hall–Kier alpha value is -3.00. The van der Waals surface area contributed by atoms with Crippen LogP contribution in [0.25, 0.3) is 22.4 Å². The average molecular weight is 367 g/mol. The summed E-state index contributed by atoms with van der Waals surface area (Å²) in [6.45, 7) is 4.93. The minimum Gasteiger partial charge on any atom is -0.478 e. The van der Waals surface area contributed by atoms with Gasteiger partial charge in [0, 0.05) is 25.7 Å². The van der Waals surface area contributed by atoms with Gasteiger partial charge in [0.15, 0.2) is 11.5 Å². The quantitative estimate of drug-likeness (QED) is 0.755. The molecule has 0 spiro atoms. The molecule has 27 heavy (non-hydrogen) atoms. The molecular weight excluding hydrogens is 346 g/mol. The third-order valence-electron chi connectivity index (χ3n) is 4.77. The third kappa shape index (κ3) is 3.12. The molecule has 0 saturated carbocycles. The molecule has 2 aromatic heterocycles. The van der Waals surface area contributed by atoms with E-state index in [2.05, 4.69) is 16.9 Å². The molecule has 0 bridgehead atoms. The van der Waals surface area contributed by atoms with Gasteiger partial charge in [-0.2, -0.15) is 5.10 Å². The lowest BCUT2D eigenvalue weighted by atomic mass is 10.1. The summed E-state index contributed by atoms with van der Waals surface area (Å²) in [4.78, 5) is 22.9. The lowest BCUT2D eigenvalue weighted by molar-refractivity contribution is 0.0697. The number of benzene rings is 1. The lowest BCUT2D eigenvalue weighted by Crippen LogP contribution is -2.37. The molecule has 0 unspecified atom stereocenters. The van der Waals surface area contributed by atoms with E-state index in [1.165, 1.54) is 0 Å². The molecule has 1 aromatic carbocycles. The molecule has 1 aliphatic rings. The highest BCUT2D eigenvalue weighted by Crippen LogP contribution is 2.30. The number of carboxylic acids is 1. The maximum Gasteiger partial charge on any atom is 0.335 e. The fraction of sp³-hybridized carbons (Fsp3) is 0.368. The Bertz CT molecular complexity index is 991. The molecule has 1 fully saturated rings. The normalized spacial score (nSPS) is 14.7. The smallest absolute Gasteiger partial charge is 0.335 e. The molecule has 140 valence electrons. The van der Waals surface area contributed by atoms with E-state index in [0.29, 0.717) is 19.0 Å². The molecule has 0 amide bonds. The van der Waals surface area contributed by atoms with Crippen molar-refractivity contribution in [3.63, 3.8) is 0 Å². The van der Waals surface area contributed by atoms with Gasteiger partial charge in [-0.3, -0.25) is 0 Å². The summed E-state index contributed by atoms with van der Waals surface area (Å²) < 4.78 is 7.27. The molecule has 8 heteroatoms. The van der Waals surface area contributed by atoms with Gasteiger partial charge in [-0.25, -0.2) is 19.4 Å². The van der Waals surface area contributed by atoms with Crippen LogP contribution in [0.2, 0.25) is 0 Å². The van der Waals surface area contributed by atoms with Crippen LogP contribution in [0.4, 0.5) is 5.82 Å². The minimum atomic E-state index is -0.953. The third-order valence-corrected chi connectivity index (χ3v) is 4.77. The van der Waals surface area contributed by atoms with E-state index in [9.17, 15) is 4.79 Å². The van der Waals surface area contributed by atoms with E-state index in [4.69, 9.17) is 19.8 Å². The van der Waals surface area contributed by atoms with E-state index in [-0.39, 0.29) is 5.56 Å². The fourth-order valence-corrected chi connectivity index (χ4v) is 3.35. The minimum absolute atomic E-state index is 0.238. The molecule has 1 saturated heterocycles. The number of anilines is 1. The topological polar surface area (TPSA) is 93.4 Å². The summed E-state index contributed by atoms with van der Waals surface area (Å²) in [5, 5.41) is 14.7. The number of carboxylic acid groups (broad SMARTS) is 1. The highest BCUT2D eigenvalue weighted by molar-refractivity contribution is 5.92. The summed E-state index contributed by atoms with van der Waals surface area (Å²) >= 11 is 0. The second-order valence-corrected chi connectivity index (χ2v) is 6.48. The number of carbonyl (C=O) groups is 1. The van der Waals surface area contributed by atoms with Crippen LogP contribution in [0.15, 0.2) is 24.3 Å². The summed E-state index contributed by atoms with van der Waals surface area (Å²) in [7, 11) is 1.88. The van der Waals surface area contributed by atoms with Gasteiger partial charge in [-0.05, 0) is 18.6 Å². The van der Waals surface area contributed by atoms with Gasteiger partial charge < -0.3 is 14.7 Å².